The van der Waals surface area contributed by atoms with Crippen molar-refractivity contribution in [2.45, 2.75) is 12.5 Å². The number of non-ortho nitro benzene ring substituents is 1. The van der Waals surface area contributed by atoms with Gasteiger partial charge in [0.05, 0.1) is 36.1 Å². The van der Waals surface area contributed by atoms with Gasteiger partial charge in [-0.1, -0.05) is 5.21 Å². The number of nitro groups is 1. The highest BCUT2D eigenvalue weighted by Gasteiger charge is 2.13. The fourth-order valence-corrected chi connectivity index (χ4v) is 3.08. The molecule has 1 N–H and O–H groups in total. The third kappa shape index (κ3) is 4.76. The van der Waals surface area contributed by atoms with Crippen LogP contribution in [-0.4, -0.2) is 52.3 Å². The van der Waals surface area contributed by atoms with Crippen LogP contribution in [0.1, 0.15) is 6.42 Å². The molecule has 3 aromatic rings. The molecule has 2 aromatic carbocycles. The van der Waals surface area contributed by atoms with Gasteiger partial charge in [0.1, 0.15) is 11.4 Å². The Morgan fingerprint density at radius 3 is 2.69 bits per heavy atom. The summed E-state index contributed by atoms with van der Waals surface area (Å²) in [7, 11) is 0. The zero-order valence-electron chi connectivity index (χ0n) is 15.7. The van der Waals surface area contributed by atoms with Gasteiger partial charge in [-0.2, -0.15) is 0 Å². The van der Waals surface area contributed by atoms with Gasteiger partial charge in [0.25, 0.3) is 5.69 Å². The van der Waals surface area contributed by atoms with Crippen molar-refractivity contribution < 1.29 is 14.4 Å². The molecule has 9 heteroatoms. The van der Waals surface area contributed by atoms with E-state index in [1.165, 1.54) is 12.1 Å². The van der Waals surface area contributed by atoms with E-state index in [-0.39, 0.29) is 11.8 Å². The van der Waals surface area contributed by atoms with Gasteiger partial charge in [-0.15, -0.1) is 5.10 Å². The number of hydrogen-bond donors (Lipinski definition) is 1. The van der Waals surface area contributed by atoms with Gasteiger partial charge in [-0.25, -0.2) is 4.68 Å². The minimum Gasteiger partial charge on any atom is -0.493 e. The standard InChI is InChI=1S/C20H21N5O4/c26-25(27)17-5-3-16(4-6-17)24-14-20(22-23-24)15-1-7-18(8-2-15)28-11-9-19-13-21-10-12-29-19/h1-8,14,19,21H,9-13H2. The number of nitrogens with zero attached hydrogens (tertiary/aromatic N) is 4. The summed E-state index contributed by atoms with van der Waals surface area (Å²) in [4.78, 5) is 10.3. The number of rotatable bonds is 7. The van der Waals surface area contributed by atoms with Crippen LogP contribution in [-0.2, 0) is 4.74 Å². The van der Waals surface area contributed by atoms with Crippen LogP contribution in [0.25, 0.3) is 16.9 Å². The van der Waals surface area contributed by atoms with Crippen LogP contribution in [0.5, 0.6) is 5.75 Å². The second-order valence-electron chi connectivity index (χ2n) is 6.68. The quantitative estimate of drug-likeness (QED) is 0.484. The number of hydrogen-bond acceptors (Lipinski definition) is 7. The van der Waals surface area contributed by atoms with E-state index in [1.54, 1.807) is 23.0 Å². The molecular weight excluding hydrogens is 374 g/mol. The summed E-state index contributed by atoms with van der Waals surface area (Å²) in [6, 6.07) is 13.8. The zero-order chi connectivity index (χ0) is 20.1. The molecule has 2 heterocycles. The van der Waals surface area contributed by atoms with Crippen molar-refractivity contribution in [3.8, 4) is 22.7 Å². The molecule has 0 radical (unpaired) electrons. The monoisotopic (exact) mass is 395 g/mol. The second-order valence-corrected chi connectivity index (χ2v) is 6.68. The van der Waals surface area contributed by atoms with E-state index < -0.39 is 4.92 Å². The Hall–Kier alpha value is -3.30. The smallest absolute Gasteiger partial charge is 0.269 e. The number of nitrogens with one attached hydrogen (secondary N) is 1. The largest absolute Gasteiger partial charge is 0.493 e. The molecule has 0 aliphatic carbocycles. The summed E-state index contributed by atoms with van der Waals surface area (Å²) in [5, 5.41) is 22.4. The molecule has 9 nitrogen and oxygen atoms in total. The molecule has 1 atom stereocenters. The zero-order valence-corrected chi connectivity index (χ0v) is 15.7. The van der Waals surface area contributed by atoms with Crippen molar-refractivity contribution in [2.24, 2.45) is 0 Å². The first-order chi connectivity index (χ1) is 14.2. The molecule has 1 saturated heterocycles. The molecule has 0 amide bonds. The number of ether oxygens (including phenoxy) is 2. The highest BCUT2D eigenvalue weighted by molar-refractivity contribution is 5.59. The molecule has 4 rings (SSSR count). The molecule has 29 heavy (non-hydrogen) atoms. The van der Waals surface area contributed by atoms with Crippen LogP contribution in [0.4, 0.5) is 5.69 Å². The van der Waals surface area contributed by atoms with E-state index in [4.69, 9.17) is 9.47 Å². The topological polar surface area (TPSA) is 104 Å². The summed E-state index contributed by atoms with van der Waals surface area (Å²) < 4.78 is 13.0. The first-order valence-corrected chi connectivity index (χ1v) is 9.42. The third-order valence-corrected chi connectivity index (χ3v) is 4.68. The summed E-state index contributed by atoms with van der Waals surface area (Å²) in [6.07, 6.45) is 2.83. The van der Waals surface area contributed by atoms with Gasteiger partial charge in [0.2, 0.25) is 0 Å². The lowest BCUT2D eigenvalue weighted by atomic mass is 10.1. The third-order valence-electron chi connectivity index (χ3n) is 4.68. The van der Waals surface area contributed by atoms with Gasteiger partial charge in [0.15, 0.2) is 0 Å². The Balaban J connectivity index is 1.36. The molecule has 1 unspecified atom stereocenters. The Morgan fingerprint density at radius 2 is 2.00 bits per heavy atom. The van der Waals surface area contributed by atoms with Crippen molar-refractivity contribution >= 4 is 5.69 Å². The number of nitro benzene ring substituents is 1. The molecule has 0 spiro atoms. The van der Waals surface area contributed by atoms with Crippen LogP contribution in [0.2, 0.25) is 0 Å². The molecular formula is C20H21N5O4. The second kappa shape index (κ2) is 8.80. The van der Waals surface area contributed by atoms with Crippen molar-refractivity contribution in [3.63, 3.8) is 0 Å². The lowest BCUT2D eigenvalue weighted by Crippen LogP contribution is -2.39. The van der Waals surface area contributed by atoms with Crippen LogP contribution in [0.3, 0.4) is 0 Å². The molecule has 0 bridgehead atoms. The Kier molecular flexibility index (Phi) is 5.78. The van der Waals surface area contributed by atoms with Crippen LogP contribution >= 0.6 is 0 Å². The molecule has 150 valence electrons. The van der Waals surface area contributed by atoms with Gasteiger partial charge in [-0.05, 0) is 36.4 Å². The van der Waals surface area contributed by atoms with Gasteiger partial charge >= 0.3 is 0 Å². The van der Waals surface area contributed by atoms with E-state index in [0.717, 1.165) is 37.4 Å². The normalized spacial score (nSPS) is 16.5. The fraction of sp³-hybridized carbons (Fsp3) is 0.300. The van der Waals surface area contributed by atoms with E-state index in [0.29, 0.717) is 18.0 Å². The maximum absolute atomic E-state index is 10.8. The summed E-state index contributed by atoms with van der Waals surface area (Å²) >= 11 is 0. The van der Waals surface area contributed by atoms with Crippen molar-refractivity contribution in [1.82, 2.24) is 20.3 Å². The fourth-order valence-electron chi connectivity index (χ4n) is 3.08. The summed E-state index contributed by atoms with van der Waals surface area (Å²) in [5.74, 6) is 0.792. The van der Waals surface area contributed by atoms with E-state index in [9.17, 15) is 10.1 Å². The predicted molar refractivity (Wildman–Crippen MR) is 106 cm³/mol. The van der Waals surface area contributed by atoms with Crippen LogP contribution in [0.15, 0.2) is 54.7 Å². The van der Waals surface area contributed by atoms with Crippen molar-refractivity contribution in [1.29, 1.82) is 0 Å². The number of benzene rings is 2. The SMILES string of the molecule is O=[N+]([O-])c1ccc(-n2cc(-c3ccc(OCCC4CNCCO4)cc3)nn2)cc1. The van der Waals surface area contributed by atoms with Gasteiger partial charge in [-0.3, -0.25) is 10.1 Å². The average Bonchev–Trinajstić information content (AvgIpc) is 3.25. The van der Waals surface area contributed by atoms with E-state index >= 15 is 0 Å². The average molecular weight is 395 g/mol. The molecule has 1 aromatic heterocycles. The molecule has 0 saturated carbocycles. The maximum Gasteiger partial charge on any atom is 0.269 e. The molecule has 1 aliphatic rings. The van der Waals surface area contributed by atoms with Crippen molar-refractivity contribution in [3.05, 3.63) is 64.8 Å². The predicted octanol–water partition coefficient (Wildman–Crippen LogP) is 2.60. The van der Waals surface area contributed by atoms with Crippen LogP contribution < -0.4 is 10.1 Å². The highest BCUT2D eigenvalue weighted by Crippen LogP contribution is 2.22. The van der Waals surface area contributed by atoms with E-state index in [2.05, 4.69) is 15.6 Å². The highest BCUT2D eigenvalue weighted by atomic mass is 16.6. The summed E-state index contributed by atoms with van der Waals surface area (Å²) in [5.41, 5.74) is 2.35. The summed E-state index contributed by atoms with van der Waals surface area (Å²) in [6.45, 7) is 3.13. The minimum atomic E-state index is -0.431. The Labute approximate surface area is 167 Å². The first kappa shape index (κ1) is 19.0. The minimum absolute atomic E-state index is 0.0380. The number of morpholine rings is 1. The van der Waals surface area contributed by atoms with Gasteiger partial charge < -0.3 is 14.8 Å². The molecule has 1 aliphatic heterocycles. The first-order valence-electron chi connectivity index (χ1n) is 9.42. The lowest BCUT2D eigenvalue weighted by molar-refractivity contribution is -0.384. The van der Waals surface area contributed by atoms with Crippen molar-refractivity contribution in [2.75, 3.05) is 26.3 Å². The van der Waals surface area contributed by atoms with Crippen LogP contribution in [0, 0.1) is 10.1 Å². The maximum atomic E-state index is 10.8. The lowest BCUT2D eigenvalue weighted by Gasteiger charge is -2.23. The number of aromatic nitrogens is 3. The Bertz CT molecular complexity index is 950. The van der Waals surface area contributed by atoms with E-state index in [1.807, 2.05) is 24.3 Å². The van der Waals surface area contributed by atoms with Gasteiger partial charge in [0, 0.05) is 37.2 Å². The molecule has 1 fully saturated rings. The Morgan fingerprint density at radius 1 is 1.21 bits per heavy atom.